The van der Waals surface area contributed by atoms with Crippen molar-refractivity contribution in [2.75, 3.05) is 20.3 Å². The van der Waals surface area contributed by atoms with Crippen molar-refractivity contribution in [2.45, 2.75) is 0 Å². The number of furan rings is 1. The van der Waals surface area contributed by atoms with E-state index in [9.17, 15) is 9.59 Å². The zero-order chi connectivity index (χ0) is 16.9. The minimum Gasteiger partial charge on any atom is -0.493 e. The van der Waals surface area contributed by atoms with Gasteiger partial charge in [-0.1, -0.05) is 12.1 Å². The fourth-order valence-electron chi connectivity index (χ4n) is 2.18. The van der Waals surface area contributed by atoms with Crippen LogP contribution in [0.3, 0.4) is 0 Å². The van der Waals surface area contributed by atoms with Gasteiger partial charge < -0.3 is 13.9 Å². The molecule has 0 radical (unpaired) electrons. The number of imide groups is 1. The molecule has 1 aromatic heterocycles. The van der Waals surface area contributed by atoms with Gasteiger partial charge in [0.05, 0.1) is 24.8 Å². The summed E-state index contributed by atoms with van der Waals surface area (Å²) < 4.78 is 16.0. The quantitative estimate of drug-likeness (QED) is 0.748. The molecule has 0 N–H and O–H groups in total. The Hall–Kier alpha value is -2.67. The van der Waals surface area contributed by atoms with Crippen LogP contribution in [0.5, 0.6) is 11.5 Å². The van der Waals surface area contributed by atoms with E-state index in [-0.39, 0.29) is 24.3 Å². The SMILES string of the molecule is COc1ccccc1OCCN1C(=O)S/C(=C/c2ccco2)C1=O. The van der Waals surface area contributed by atoms with Crippen molar-refractivity contribution in [3.8, 4) is 11.5 Å². The van der Waals surface area contributed by atoms with Crippen LogP contribution in [-0.2, 0) is 4.79 Å². The first-order valence-corrected chi connectivity index (χ1v) is 8.05. The van der Waals surface area contributed by atoms with Gasteiger partial charge in [-0.05, 0) is 36.0 Å². The predicted octanol–water partition coefficient (Wildman–Crippen LogP) is 3.40. The lowest BCUT2D eigenvalue weighted by molar-refractivity contribution is -0.123. The van der Waals surface area contributed by atoms with Crippen LogP contribution >= 0.6 is 11.8 Å². The molecule has 0 bridgehead atoms. The highest BCUT2D eigenvalue weighted by atomic mass is 32.2. The number of methoxy groups -OCH3 is 1. The molecule has 7 heteroatoms. The zero-order valence-electron chi connectivity index (χ0n) is 12.9. The Morgan fingerprint density at radius 2 is 1.96 bits per heavy atom. The second kappa shape index (κ2) is 7.27. The van der Waals surface area contributed by atoms with Gasteiger partial charge in [-0.25, -0.2) is 0 Å². The summed E-state index contributed by atoms with van der Waals surface area (Å²) in [5.41, 5.74) is 0. The minimum absolute atomic E-state index is 0.165. The third kappa shape index (κ3) is 3.46. The van der Waals surface area contributed by atoms with Crippen molar-refractivity contribution in [1.29, 1.82) is 0 Å². The van der Waals surface area contributed by atoms with Crippen molar-refractivity contribution < 1.29 is 23.5 Å². The smallest absolute Gasteiger partial charge is 0.293 e. The van der Waals surface area contributed by atoms with Gasteiger partial charge in [0.1, 0.15) is 12.4 Å². The van der Waals surface area contributed by atoms with Gasteiger partial charge in [0.25, 0.3) is 11.1 Å². The summed E-state index contributed by atoms with van der Waals surface area (Å²) in [6.07, 6.45) is 3.07. The van der Waals surface area contributed by atoms with Gasteiger partial charge in [0.15, 0.2) is 11.5 Å². The van der Waals surface area contributed by atoms with Gasteiger partial charge in [-0.15, -0.1) is 0 Å². The van der Waals surface area contributed by atoms with Gasteiger partial charge in [-0.3, -0.25) is 14.5 Å². The number of rotatable bonds is 6. The molecule has 3 rings (SSSR count). The third-order valence-electron chi connectivity index (χ3n) is 3.33. The standard InChI is InChI=1S/C17H15NO5S/c1-21-13-6-2-3-7-14(13)23-10-8-18-16(19)15(24-17(18)20)11-12-5-4-9-22-12/h2-7,9,11H,8,10H2,1H3/b15-11+. The number of hydrogen-bond acceptors (Lipinski definition) is 6. The van der Waals surface area contributed by atoms with E-state index in [2.05, 4.69) is 0 Å². The molecule has 1 aliphatic heterocycles. The molecule has 0 aliphatic carbocycles. The van der Waals surface area contributed by atoms with Crippen molar-refractivity contribution in [2.24, 2.45) is 0 Å². The molecule has 1 aliphatic rings. The Labute approximate surface area is 143 Å². The summed E-state index contributed by atoms with van der Waals surface area (Å²) in [4.78, 5) is 25.8. The molecule has 2 amide bonds. The lowest BCUT2D eigenvalue weighted by Crippen LogP contribution is -2.32. The summed E-state index contributed by atoms with van der Waals surface area (Å²) in [6, 6.07) is 10.6. The molecule has 1 aromatic carbocycles. The number of carbonyl (C=O) groups excluding carboxylic acids is 2. The summed E-state index contributed by atoms with van der Waals surface area (Å²) >= 11 is 0.892. The van der Waals surface area contributed by atoms with E-state index in [0.29, 0.717) is 22.2 Å². The summed E-state index contributed by atoms with van der Waals surface area (Å²) in [5, 5.41) is -0.318. The highest BCUT2D eigenvalue weighted by Gasteiger charge is 2.35. The monoisotopic (exact) mass is 345 g/mol. The van der Waals surface area contributed by atoms with Crippen molar-refractivity contribution >= 4 is 29.0 Å². The summed E-state index contributed by atoms with van der Waals surface area (Å²) in [5.74, 6) is 1.36. The maximum atomic E-state index is 12.3. The van der Waals surface area contributed by atoms with E-state index in [0.717, 1.165) is 16.7 Å². The van der Waals surface area contributed by atoms with Crippen LogP contribution < -0.4 is 9.47 Å². The highest BCUT2D eigenvalue weighted by Crippen LogP contribution is 2.32. The normalized spacial score (nSPS) is 16.0. The van der Waals surface area contributed by atoms with Crippen LogP contribution in [0.2, 0.25) is 0 Å². The molecule has 124 valence electrons. The van der Waals surface area contributed by atoms with Gasteiger partial charge in [-0.2, -0.15) is 0 Å². The molecular weight excluding hydrogens is 330 g/mol. The number of thioether (sulfide) groups is 1. The van der Waals surface area contributed by atoms with Crippen LogP contribution in [-0.4, -0.2) is 36.3 Å². The van der Waals surface area contributed by atoms with E-state index in [1.54, 1.807) is 37.5 Å². The number of ether oxygens (including phenoxy) is 2. The lowest BCUT2D eigenvalue weighted by atomic mass is 10.3. The largest absolute Gasteiger partial charge is 0.493 e. The van der Waals surface area contributed by atoms with Crippen LogP contribution in [0.4, 0.5) is 4.79 Å². The molecule has 24 heavy (non-hydrogen) atoms. The number of carbonyl (C=O) groups is 2. The molecule has 6 nitrogen and oxygen atoms in total. The fraction of sp³-hybridized carbons (Fsp3) is 0.176. The van der Waals surface area contributed by atoms with E-state index in [4.69, 9.17) is 13.9 Å². The molecule has 0 spiro atoms. The number of para-hydroxylation sites is 2. The topological polar surface area (TPSA) is 69.0 Å². The molecule has 0 saturated carbocycles. The Kier molecular flexibility index (Phi) is 4.90. The second-order valence-corrected chi connectivity index (χ2v) is 5.84. The molecule has 2 aromatic rings. The molecule has 0 unspecified atom stereocenters. The first-order chi connectivity index (χ1) is 11.7. The number of amides is 2. The Balaban J connectivity index is 1.61. The van der Waals surface area contributed by atoms with Crippen LogP contribution in [0, 0.1) is 0 Å². The molecular formula is C17H15NO5S. The first kappa shape index (κ1) is 16.2. The van der Waals surface area contributed by atoms with Crippen LogP contribution in [0.1, 0.15) is 5.76 Å². The fourth-order valence-corrected chi connectivity index (χ4v) is 3.03. The summed E-state index contributed by atoms with van der Waals surface area (Å²) in [6.45, 7) is 0.352. The summed E-state index contributed by atoms with van der Waals surface area (Å²) in [7, 11) is 1.55. The van der Waals surface area contributed by atoms with Crippen LogP contribution in [0.15, 0.2) is 52.0 Å². The lowest BCUT2D eigenvalue weighted by Gasteiger charge is -2.14. The van der Waals surface area contributed by atoms with Gasteiger partial charge in [0.2, 0.25) is 0 Å². The molecule has 1 fully saturated rings. The predicted molar refractivity (Wildman–Crippen MR) is 89.9 cm³/mol. The Morgan fingerprint density at radius 3 is 2.67 bits per heavy atom. The van der Waals surface area contributed by atoms with E-state index < -0.39 is 0 Å². The van der Waals surface area contributed by atoms with Gasteiger partial charge in [0, 0.05) is 6.08 Å². The second-order valence-electron chi connectivity index (χ2n) is 4.85. The third-order valence-corrected chi connectivity index (χ3v) is 4.24. The average molecular weight is 345 g/mol. The average Bonchev–Trinajstić information content (AvgIpc) is 3.19. The number of hydrogen-bond donors (Lipinski definition) is 0. The number of benzene rings is 1. The maximum absolute atomic E-state index is 12.3. The molecule has 2 heterocycles. The van der Waals surface area contributed by atoms with Crippen molar-refractivity contribution in [3.05, 3.63) is 53.3 Å². The van der Waals surface area contributed by atoms with E-state index >= 15 is 0 Å². The number of nitrogens with zero attached hydrogens (tertiary/aromatic N) is 1. The van der Waals surface area contributed by atoms with Crippen molar-refractivity contribution in [1.82, 2.24) is 4.90 Å². The van der Waals surface area contributed by atoms with E-state index in [1.807, 2.05) is 12.1 Å². The first-order valence-electron chi connectivity index (χ1n) is 7.23. The van der Waals surface area contributed by atoms with E-state index in [1.165, 1.54) is 6.26 Å². The zero-order valence-corrected chi connectivity index (χ0v) is 13.7. The van der Waals surface area contributed by atoms with Gasteiger partial charge >= 0.3 is 0 Å². The Morgan fingerprint density at radius 1 is 1.17 bits per heavy atom. The maximum Gasteiger partial charge on any atom is 0.293 e. The minimum atomic E-state index is -0.343. The highest BCUT2D eigenvalue weighted by molar-refractivity contribution is 8.18. The molecule has 1 saturated heterocycles. The van der Waals surface area contributed by atoms with Crippen LogP contribution in [0.25, 0.3) is 6.08 Å². The Bertz CT molecular complexity index is 769. The molecule has 0 atom stereocenters. The van der Waals surface area contributed by atoms with Crippen molar-refractivity contribution in [3.63, 3.8) is 0 Å².